The molecule has 0 bridgehead atoms. The molecule has 1 aliphatic rings. The largest absolute Gasteiger partial charge is 0.497 e. The Hall–Kier alpha value is -3.32. The minimum Gasteiger partial charge on any atom is -0.497 e. The monoisotopic (exact) mass is 464 g/mol. The molecule has 1 unspecified atom stereocenters. The number of carbonyl (C=O) groups excluding carboxylic acids is 1. The molecule has 2 heterocycles. The van der Waals surface area contributed by atoms with Crippen LogP contribution < -0.4 is 14.9 Å². The number of hydrogen-bond donors (Lipinski definition) is 0. The molecule has 180 valence electrons. The molecule has 0 N–H and O–H groups in total. The molecule has 1 aromatic heterocycles. The van der Waals surface area contributed by atoms with Crippen molar-refractivity contribution in [1.82, 2.24) is 9.80 Å². The van der Waals surface area contributed by atoms with Crippen molar-refractivity contribution < 1.29 is 18.7 Å². The maximum Gasteiger partial charge on any atom is 0.290 e. The van der Waals surface area contributed by atoms with E-state index in [2.05, 4.69) is 18.7 Å². The van der Waals surface area contributed by atoms with Gasteiger partial charge in [-0.2, -0.15) is 0 Å². The van der Waals surface area contributed by atoms with Crippen molar-refractivity contribution in [2.24, 2.45) is 0 Å². The summed E-state index contributed by atoms with van der Waals surface area (Å²) in [6.45, 7) is 10.0. The van der Waals surface area contributed by atoms with Crippen LogP contribution >= 0.6 is 0 Å². The van der Waals surface area contributed by atoms with E-state index in [1.54, 1.807) is 30.2 Å². The van der Waals surface area contributed by atoms with E-state index in [9.17, 15) is 9.59 Å². The minimum atomic E-state index is -0.526. The Morgan fingerprint density at radius 2 is 1.82 bits per heavy atom. The second-order valence-corrected chi connectivity index (χ2v) is 8.32. The van der Waals surface area contributed by atoms with Gasteiger partial charge in [0.2, 0.25) is 5.76 Å². The summed E-state index contributed by atoms with van der Waals surface area (Å²) in [7, 11) is 1.55. The number of carbonyl (C=O) groups is 1. The average Bonchev–Trinajstić information content (AvgIpc) is 3.13. The lowest BCUT2D eigenvalue weighted by Gasteiger charge is -2.27. The summed E-state index contributed by atoms with van der Waals surface area (Å²) in [5, 5.41) is 0.434. The molecule has 0 spiro atoms. The van der Waals surface area contributed by atoms with E-state index in [0.29, 0.717) is 41.2 Å². The van der Waals surface area contributed by atoms with Crippen molar-refractivity contribution in [3.8, 4) is 11.5 Å². The fourth-order valence-corrected chi connectivity index (χ4v) is 4.65. The predicted molar refractivity (Wildman–Crippen MR) is 132 cm³/mol. The smallest absolute Gasteiger partial charge is 0.290 e. The number of benzene rings is 2. The first-order chi connectivity index (χ1) is 16.5. The SMILES string of the molecule is CCOc1cccc(C2c3c(oc4cc(OC)ccc4c3=O)C(=O)N2CCCN(CC)CC)c1. The number of amides is 1. The highest BCUT2D eigenvalue weighted by atomic mass is 16.5. The standard InChI is InChI=1S/C27H32N2O5/c1-5-28(6-2)14-9-15-29-24(18-10-8-11-20(16-18)33-7-3)23-25(30)21-13-12-19(32-4)17-22(21)34-26(23)27(29)31/h8,10-13,16-17,24H,5-7,9,14-15H2,1-4H3. The van der Waals surface area contributed by atoms with Gasteiger partial charge in [0.15, 0.2) is 5.43 Å². The highest BCUT2D eigenvalue weighted by Crippen LogP contribution is 2.39. The Bertz CT molecular complexity index is 1230. The van der Waals surface area contributed by atoms with Crippen molar-refractivity contribution in [2.75, 3.05) is 39.9 Å². The number of nitrogens with zero attached hydrogens (tertiary/aromatic N) is 2. The van der Waals surface area contributed by atoms with Crippen LogP contribution in [0.1, 0.15) is 54.9 Å². The summed E-state index contributed by atoms with van der Waals surface area (Å²) in [4.78, 5) is 31.3. The van der Waals surface area contributed by atoms with Gasteiger partial charge in [0.05, 0.1) is 30.7 Å². The van der Waals surface area contributed by atoms with Crippen LogP contribution in [0, 0.1) is 0 Å². The van der Waals surface area contributed by atoms with Crippen molar-refractivity contribution >= 4 is 16.9 Å². The Morgan fingerprint density at radius 1 is 1.03 bits per heavy atom. The second kappa shape index (κ2) is 10.3. The molecule has 1 amide bonds. The third-order valence-electron chi connectivity index (χ3n) is 6.43. The molecule has 0 radical (unpaired) electrons. The zero-order chi connectivity index (χ0) is 24.2. The first-order valence-electron chi connectivity index (χ1n) is 11.9. The number of ether oxygens (including phenoxy) is 2. The van der Waals surface area contributed by atoms with E-state index in [1.807, 2.05) is 31.2 Å². The number of rotatable bonds is 10. The van der Waals surface area contributed by atoms with E-state index in [4.69, 9.17) is 13.9 Å². The molecular weight excluding hydrogens is 432 g/mol. The molecule has 2 aromatic carbocycles. The van der Waals surface area contributed by atoms with Crippen LogP contribution in [0.4, 0.5) is 0 Å². The summed E-state index contributed by atoms with van der Waals surface area (Å²) >= 11 is 0. The summed E-state index contributed by atoms with van der Waals surface area (Å²) < 4.78 is 17.0. The van der Waals surface area contributed by atoms with Crippen LogP contribution in [-0.4, -0.2) is 55.6 Å². The lowest BCUT2D eigenvalue weighted by Crippen LogP contribution is -2.33. The normalized spacial score (nSPS) is 15.3. The fourth-order valence-electron chi connectivity index (χ4n) is 4.65. The van der Waals surface area contributed by atoms with E-state index in [0.717, 1.165) is 31.6 Å². The van der Waals surface area contributed by atoms with Gasteiger partial charge in [-0.25, -0.2) is 0 Å². The van der Waals surface area contributed by atoms with Crippen LogP contribution in [0.3, 0.4) is 0 Å². The van der Waals surface area contributed by atoms with Gasteiger partial charge in [0, 0.05) is 12.6 Å². The number of methoxy groups -OCH3 is 1. The summed E-state index contributed by atoms with van der Waals surface area (Å²) in [6.07, 6.45) is 0.796. The van der Waals surface area contributed by atoms with Crippen LogP contribution in [0.2, 0.25) is 0 Å². The number of fused-ring (bicyclic) bond motifs is 2. The Balaban J connectivity index is 1.81. The lowest BCUT2D eigenvalue weighted by atomic mass is 9.98. The van der Waals surface area contributed by atoms with Crippen LogP contribution in [0.15, 0.2) is 51.7 Å². The van der Waals surface area contributed by atoms with Crippen molar-refractivity contribution in [2.45, 2.75) is 33.2 Å². The maximum atomic E-state index is 13.7. The molecule has 0 saturated carbocycles. The van der Waals surface area contributed by atoms with E-state index < -0.39 is 6.04 Å². The molecule has 1 atom stereocenters. The average molecular weight is 465 g/mol. The van der Waals surface area contributed by atoms with Crippen LogP contribution in [0.5, 0.6) is 11.5 Å². The highest BCUT2D eigenvalue weighted by molar-refractivity contribution is 5.99. The van der Waals surface area contributed by atoms with Gasteiger partial charge >= 0.3 is 0 Å². The molecule has 1 aliphatic heterocycles. The molecule has 0 fully saturated rings. The zero-order valence-corrected chi connectivity index (χ0v) is 20.3. The first kappa shape index (κ1) is 23.8. The van der Waals surface area contributed by atoms with Gasteiger partial charge in [0.25, 0.3) is 5.91 Å². The van der Waals surface area contributed by atoms with Gasteiger partial charge in [0.1, 0.15) is 17.1 Å². The highest BCUT2D eigenvalue weighted by Gasteiger charge is 2.42. The topological polar surface area (TPSA) is 72.2 Å². The number of hydrogen-bond acceptors (Lipinski definition) is 6. The van der Waals surface area contributed by atoms with E-state index in [-0.39, 0.29) is 17.1 Å². The Kier molecular flexibility index (Phi) is 7.22. The van der Waals surface area contributed by atoms with Crippen LogP contribution in [-0.2, 0) is 0 Å². The Labute approximate surface area is 199 Å². The van der Waals surface area contributed by atoms with Crippen molar-refractivity contribution in [1.29, 1.82) is 0 Å². The lowest BCUT2D eigenvalue weighted by molar-refractivity contribution is 0.0720. The molecule has 3 aromatic rings. The minimum absolute atomic E-state index is 0.111. The van der Waals surface area contributed by atoms with E-state index >= 15 is 0 Å². The summed E-state index contributed by atoms with van der Waals surface area (Å²) in [5.41, 5.74) is 1.38. The zero-order valence-electron chi connectivity index (χ0n) is 20.3. The third-order valence-corrected chi connectivity index (χ3v) is 6.43. The third kappa shape index (κ3) is 4.40. The molecule has 34 heavy (non-hydrogen) atoms. The second-order valence-electron chi connectivity index (χ2n) is 8.32. The molecular formula is C27H32N2O5. The van der Waals surface area contributed by atoms with Crippen molar-refractivity contribution in [3.63, 3.8) is 0 Å². The first-order valence-corrected chi connectivity index (χ1v) is 11.9. The van der Waals surface area contributed by atoms with Gasteiger partial charge < -0.3 is 23.7 Å². The molecule has 7 heteroatoms. The van der Waals surface area contributed by atoms with Crippen molar-refractivity contribution in [3.05, 3.63) is 69.6 Å². The fraction of sp³-hybridized carbons (Fsp3) is 0.407. The van der Waals surface area contributed by atoms with Gasteiger partial charge in [-0.15, -0.1) is 0 Å². The predicted octanol–water partition coefficient (Wildman–Crippen LogP) is 4.48. The van der Waals surface area contributed by atoms with Gasteiger partial charge in [-0.3, -0.25) is 9.59 Å². The van der Waals surface area contributed by atoms with Crippen LogP contribution in [0.25, 0.3) is 11.0 Å². The van der Waals surface area contributed by atoms with Gasteiger partial charge in [-0.1, -0.05) is 26.0 Å². The quantitative estimate of drug-likeness (QED) is 0.441. The maximum absolute atomic E-state index is 13.7. The summed E-state index contributed by atoms with van der Waals surface area (Å²) in [5.74, 6) is 1.13. The molecule has 4 rings (SSSR count). The summed E-state index contributed by atoms with van der Waals surface area (Å²) in [6, 6.07) is 12.2. The molecule has 0 aliphatic carbocycles. The van der Waals surface area contributed by atoms with Gasteiger partial charge in [-0.05, 0) is 62.8 Å². The van der Waals surface area contributed by atoms with E-state index in [1.165, 1.54) is 0 Å². The molecule has 0 saturated heterocycles. The molecule has 7 nitrogen and oxygen atoms in total. The Morgan fingerprint density at radius 3 is 2.53 bits per heavy atom.